The molecule has 3 heteroatoms. The van der Waals surface area contributed by atoms with Gasteiger partial charge in [-0.25, -0.2) is 0 Å². The van der Waals surface area contributed by atoms with Gasteiger partial charge >= 0.3 is 0 Å². The van der Waals surface area contributed by atoms with E-state index in [1.54, 1.807) is 12.1 Å². The van der Waals surface area contributed by atoms with Gasteiger partial charge in [0.1, 0.15) is 10.7 Å². The highest BCUT2D eigenvalue weighted by molar-refractivity contribution is 7.80. The van der Waals surface area contributed by atoms with E-state index in [0.29, 0.717) is 0 Å². The lowest BCUT2D eigenvalue weighted by Crippen LogP contribution is -2.38. The van der Waals surface area contributed by atoms with Crippen LogP contribution in [0.3, 0.4) is 0 Å². The van der Waals surface area contributed by atoms with E-state index in [-0.39, 0.29) is 5.75 Å². The number of nitrogens with zero attached hydrogens (tertiary/aromatic N) is 1. The lowest BCUT2D eigenvalue weighted by atomic mass is 9.90. The highest BCUT2D eigenvalue weighted by atomic mass is 32.1. The van der Waals surface area contributed by atoms with Crippen LogP contribution in [0, 0.1) is 5.92 Å². The van der Waals surface area contributed by atoms with E-state index in [2.05, 4.69) is 35.2 Å². The maximum Gasteiger partial charge on any atom is 0.115 e. The minimum atomic E-state index is 0.285. The topological polar surface area (TPSA) is 23.5 Å². The summed E-state index contributed by atoms with van der Waals surface area (Å²) in [6, 6.07) is 17.9. The lowest BCUT2D eigenvalue weighted by molar-refractivity contribution is 0.268. The molecular formula is C19H21NOS. The summed E-state index contributed by atoms with van der Waals surface area (Å²) in [4.78, 5) is 3.20. The molecule has 0 amide bonds. The molecule has 2 nitrogen and oxygen atoms in total. The summed E-state index contributed by atoms with van der Waals surface area (Å²) in [6.07, 6.45) is 3.54. The molecule has 1 saturated heterocycles. The summed E-state index contributed by atoms with van der Waals surface area (Å²) in [7, 11) is 0. The van der Waals surface area contributed by atoms with Crippen LogP contribution in [-0.2, 0) is 6.42 Å². The normalized spacial score (nSPS) is 15.7. The summed E-state index contributed by atoms with van der Waals surface area (Å²) >= 11 is 5.60. The maximum absolute atomic E-state index is 9.37. The molecule has 1 aliphatic heterocycles. The fourth-order valence-corrected chi connectivity index (χ4v) is 3.39. The smallest absolute Gasteiger partial charge is 0.115 e. The molecule has 0 bridgehead atoms. The van der Waals surface area contributed by atoms with E-state index in [1.807, 2.05) is 12.1 Å². The molecule has 1 N–H and O–H groups in total. The molecular weight excluding hydrogens is 290 g/mol. The fourth-order valence-electron chi connectivity index (χ4n) is 3.07. The van der Waals surface area contributed by atoms with Crippen LogP contribution in [0.2, 0.25) is 0 Å². The predicted molar refractivity (Wildman–Crippen MR) is 94.2 cm³/mol. The first-order valence-corrected chi connectivity index (χ1v) is 8.25. The number of hydrogen-bond acceptors (Lipinski definition) is 2. The molecule has 0 aromatic heterocycles. The molecule has 2 aromatic carbocycles. The number of likely N-dealkylation sites (tertiary alicyclic amines) is 1. The number of piperidine rings is 1. The van der Waals surface area contributed by atoms with Crippen molar-refractivity contribution in [1.29, 1.82) is 0 Å². The molecule has 0 aliphatic carbocycles. The summed E-state index contributed by atoms with van der Waals surface area (Å²) in [6.45, 7) is 2.05. The van der Waals surface area contributed by atoms with Crippen LogP contribution in [0.1, 0.15) is 24.0 Å². The molecule has 22 heavy (non-hydrogen) atoms. The van der Waals surface area contributed by atoms with Crippen molar-refractivity contribution in [1.82, 2.24) is 4.90 Å². The molecule has 0 saturated carbocycles. The van der Waals surface area contributed by atoms with Crippen LogP contribution >= 0.6 is 12.2 Å². The average Bonchev–Trinajstić information content (AvgIpc) is 2.57. The number of benzene rings is 2. The molecule has 0 atom stereocenters. The largest absolute Gasteiger partial charge is 0.508 e. The van der Waals surface area contributed by atoms with Crippen LogP contribution in [-0.4, -0.2) is 28.1 Å². The molecule has 1 fully saturated rings. The van der Waals surface area contributed by atoms with Gasteiger partial charge < -0.3 is 10.0 Å². The Kier molecular flexibility index (Phi) is 4.74. The van der Waals surface area contributed by atoms with Gasteiger partial charge in [0.05, 0.1) is 0 Å². The number of thiocarbonyl (C=S) groups is 1. The molecule has 0 spiro atoms. The van der Waals surface area contributed by atoms with Crippen molar-refractivity contribution >= 4 is 17.2 Å². The fraction of sp³-hybridized carbons (Fsp3) is 0.316. The van der Waals surface area contributed by atoms with Crippen molar-refractivity contribution < 1.29 is 5.11 Å². The molecule has 0 unspecified atom stereocenters. The minimum Gasteiger partial charge on any atom is -0.508 e. The second-order valence-corrected chi connectivity index (χ2v) is 6.36. The van der Waals surface area contributed by atoms with Crippen molar-refractivity contribution in [2.24, 2.45) is 5.92 Å². The first kappa shape index (κ1) is 15.0. The molecule has 0 radical (unpaired) electrons. The average molecular weight is 311 g/mol. The zero-order valence-electron chi connectivity index (χ0n) is 12.6. The monoisotopic (exact) mass is 311 g/mol. The Morgan fingerprint density at radius 1 is 1.00 bits per heavy atom. The number of rotatable bonds is 3. The second-order valence-electron chi connectivity index (χ2n) is 5.97. The zero-order valence-corrected chi connectivity index (χ0v) is 13.4. The maximum atomic E-state index is 9.37. The molecule has 2 aromatic rings. The lowest BCUT2D eigenvalue weighted by Gasteiger charge is -2.34. The molecule has 1 heterocycles. The van der Waals surface area contributed by atoms with Crippen LogP contribution in [0.25, 0.3) is 0 Å². The van der Waals surface area contributed by atoms with Gasteiger partial charge in [-0.1, -0.05) is 42.5 Å². The van der Waals surface area contributed by atoms with Gasteiger partial charge in [-0.15, -0.1) is 0 Å². The Balaban J connectivity index is 1.55. The van der Waals surface area contributed by atoms with E-state index >= 15 is 0 Å². The summed E-state index contributed by atoms with van der Waals surface area (Å²) in [5, 5.41) is 9.37. The standard InChI is InChI=1S/C19H21NOS/c21-18-8-6-17(7-9-18)19(22)20-12-10-16(11-13-20)14-15-4-2-1-3-5-15/h1-9,16,21H,10-14H2. The van der Waals surface area contributed by atoms with Crippen molar-refractivity contribution in [3.05, 3.63) is 65.7 Å². The van der Waals surface area contributed by atoms with E-state index in [4.69, 9.17) is 12.2 Å². The van der Waals surface area contributed by atoms with E-state index in [9.17, 15) is 5.11 Å². The third kappa shape index (κ3) is 3.66. The van der Waals surface area contributed by atoms with Crippen LogP contribution in [0.5, 0.6) is 5.75 Å². The Bertz CT molecular complexity index is 616. The van der Waals surface area contributed by atoms with Gasteiger partial charge in [-0.05, 0) is 55.0 Å². The second kappa shape index (κ2) is 6.93. The first-order valence-electron chi connectivity index (χ1n) is 7.84. The van der Waals surface area contributed by atoms with E-state index in [0.717, 1.165) is 29.6 Å². The highest BCUT2D eigenvalue weighted by Crippen LogP contribution is 2.23. The van der Waals surface area contributed by atoms with Gasteiger partial charge in [-0.3, -0.25) is 0 Å². The Hall–Kier alpha value is -1.87. The first-order chi connectivity index (χ1) is 10.7. The quantitative estimate of drug-likeness (QED) is 0.866. The van der Waals surface area contributed by atoms with Crippen LogP contribution in [0.4, 0.5) is 0 Å². The molecule has 1 aliphatic rings. The van der Waals surface area contributed by atoms with Crippen molar-refractivity contribution in [3.8, 4) is 5.75 Å². The molecule has 114 valence electrons. The Labute approximate surface area is 137 Å². The summed E-state index contributed by atoms with van der Waals surface area (Å²) in [5.41, 5.74) is 2.45. The number of aromatic hydroxyl groups is 1. The van der Waals surface area contributed by atoms with E-state index < -0.39 is 0 Å². The summed E-state index contributed by atoms with van der Waals surface area (Å²) in [5.74, 6) is 1.04. The number of phenolic OH excluding ortho intramolecular Hbond substituents is 1. The SMILES string of the molecule is Oc1ccc(C(=S)N2CCC(Cc3ccccc3)CC2)cc1. The Morgan fingerprint density at radius 2 is 1.64 bits per heavy atom. The van der Waals surface area contributed by atoms with Crippen LogP contribution < -0.4 is 0 Å². The predicted octanol–water partition coefficient (Wildman–Crippen LogP) is 4.02. The van der Waals surface area contributed by atoms with Gasteiger partial charge in [0, 0.05) is 18.7 Å². The van der Waals surface area contributed by atoms with Crippen molar-refractivity contribution in [2.45, 2.75) is 19.3 Å². The van der Waals surface area contributed by atoms with Crippen LogP contribution in [0.15, 0.2) is 54.6 Å². The highest BCUT2D eigenvalue weighted by Gasteiger charge is 2.21. The number of phenols is 1. The van der Waals surface area contributed by atoms with Gasteiger partial charge in [-0.2, -0.15) is 0 Å². The third-order valence-electron chi connectivity index (χ3n) is 4.38. The van der Waals surface area contributed by atoms with Crippen molar-refractivity contribution in [3.63, 3.8) is 0 Å². The molecule has 3 rings (SSSR count). The van der Waals surface area contributed by atoms with Gasteiger partial charge in [0.15, 0.2) is 0 Å². The summed E-state index contributed by atoms with van der Waals surface area (Å²) < 4.78 is 0. The number of hydrogen-bond donors (Lipinski definition) is 1. The zero-order chi connectivity index (χ0) is 15.4. The minimum absolute atomic E-state index is 0.285. The van der Waals surface area contributed by atoms with E-state index in [1.165, 1.54) is 24.8 Å². The van der Waals surface area contributed by atoms with Gasteiger partial charge in [0.2, 0.25) is 0 Å². The Morgan fingerprint density at radius 3 is 2.27 bits per heavy atom. The van der Waals surface area contributed by atoms with Gasteiger partial charge in [0.25, 0.3) is 0 Å². The third-order valence-corrected chi connectivity index (χ3v) is 4.88. The van der Waals surface area contributed by atoms with Crippen molar-refractivity contribution in [2.75, 3.05) is 13.1 Å².